The van der Waals surface area contributed by atoms with Crippen LogP contribution in [-0.4, -0.2) is 63.9 Å². The van der Waals surface area contributed by atoms with Gasteiger partial charge < -0.3 is 19.9 Å². The number of H-pyrrole nitrogens is 1. The van der Waals surface area contributed by atoms with Crippen molar-refractivity contribution in [3.8, 4) is 22.8 Å². The molecule has 11 heteroatoms. The van der Waals surface area contributed by atoms with Crippen molar-refractivity contribution >= 4 is 22.6 Å². The number of halogens is 3. The molecule has 0 atom stereocenters. The van der Waals surface area contributed by atoms with E-state index in [1.54, 1.807) is 48.9 Å². The third-order valence-corrected chi connectivity index (χ3v) is 7.44. The molecule has 8 nitrogen and oxygen atoms in total. The molecule has 1 amide bonds. The Hall–Kier alpha value is -4.74. The third kappa shape index (κ3) is 6.52. The van der Waals surface area contributed by atoms with Gasteiger partial charge in [0, 0.05) is 74.2 Å². The number of benzene rings is 2. The highest BCUT2D eigenvalue weighted by molar-refractivity contribution is 6.04. The maximum Gasteiger partial charge on any atom is 0.416 e. The number of alkyl halides is 3. The molecule has 1 aliphatic heterocycles. The van der Waals surface area contributed by atoms with E-state index in [4.69, 9.17) is 4.74 Å². The summed E-state index contributed by atoms with van der Waals surface area (Å²) < 4.78 is 48.3. The normalized spacial score (nSPS) is 14.6. The minimum Gasteiger partial charge on any atom is -0.456 e. The predicted octanol–water partition coefficient (Wildman–Crippen LogP) is 6.44. The first-order chi connectivity index (χ1) is 20.7. The molecule has 220 valence electrons. The van der Waals surface area contributed by atoms with Gasteiger partial charge >= 0.3 is 6.18 Å². The highest BCUT2D eigenvalue weighted by atomic mass is 19.4. The number of nitrogens with one attached hydrogen (secondary N) is 2. The van der Waals surface area contributed by atoms with Crippen molar-refractivity contribution in [3.05, 3.63) is 102 Å². The second-order valence-corrected chi connectivity index (χ2v) is 10.5. The van der Waals surface area contributed by atoms with Crippen LogP contribution in [0, 0.1) is 0 Å². The Morgan fingerprint density at radius 1 is 1.02 bits per heavy atom. The molecule has 0 unspecified atom stereocenters. The Balaban J connectivity index is 1.21. The Morgan fingerprint density at radius 3 is 2.63 bits per heavy atom. The molecule has 0 bridgehead atoms. The molecular weight excluding hydrogens is 557 g/mol. The van der Waals surface area contributed by atoms with Crippen LogP contribution in [0.25, 0.3) is 22.3 Å². The molecule has 5 aromatic rings. The van der Waals surface area contributed by atoms with Crippen molar-refractivity contribution in [3.63, 3.8) is 0 Å². The number of aromatic nitrogens is 3. The topological polar surface area (TPSA) is 86.4 Å². The van der Waals surface area contributed by atoms with Crippen LogP contribution in [0.3, 0.4) is 0 Å². The SMILES string of the molecule is CN1CCN(Cc2ccc(NC(=O)c3cccc(Oc4cc(-c5cccnc5)nc5[nH]ccc45)c3)cc2C(F)(F)F)CC1. The average Bonchev–Trinajstić information content (AvgIpc) is 3.48. The number of rotatable bonds is 7. The molecule has 43 heavy (non-hydrogen) atoms. The van der Waals surface area contributed by atoms with Gasteiger partial charge in [-0.15, -0.1) is 0 Å². The molecule has 2 N–H and O–H groups in total. The highest BCUT2D eigenvalue weighted by Crippen LogP contribution is 2.36. The Morgan fingerprint density at radius 2 is 1.86 bits per heavy atom. The zero-order valence-corrected chi connectivity index (χ0v) is 23.4. The van der Waals surface area contributed by atoms with Crippen LogP contribution >= 0.6 is 0 Å². The van der Waals surface area contributed by atoms with E-state index < -0.39 is 17.6 Å². The number of ether oxygens (including phenoxy) is 1. The van der Waals surface area contributed by atoms with Gasteiger partial charge in [0.2, 0.25) is 0 Å². The third-order valence-electron chi connectivity index (χ3n) is 7.44. The van der Waals surface area contributed by atoms with Gasteiger partial charge in [-0.25, -0.2) is 4.98 Å². The number of carbonyl (C=O) groups is 1. The summed E-state index contributed by atoms with van der Waals surface area (Å²) in [6, 6.07) is 17.8. The first kappa shape index (κ1) is 28.4. The van der Waals surface area contributed by atoms with Crippen molar-refractivity contribution in [1.29, 1.82) is 0 Å². The van der Waals surface area contributed by atoms with E-state index in [2.05, 4.69) is 25.2 Å². The largest absolute Gasteiger partial charge is 0.456 e. The zero-order valence-electron chi connectivity index (χ0n) is 23.4. The van der Waals surface area contributed by atoms with E-state index in [1.165, 1.54) is 12.1 Å². The molecule has 1 saturated heterocycles. The lowest BCUT2D eigenvalue weighted by molar-refractivity contribution is -0.138. The van der Waals surface area contributed by atoms with Crippen LogP contribution in [0.4, 0.5) is 18.9 Å². The zero-order chi connectivity index (χ0) is 30.0. The van der Waals surface area contributed by atoms with Gasteiger partial charge in [-0.3, -0.25) is 14.7 Å². The minimum atomic E-state index is -4.56. The fourth-order valence-corrected chi connectivity index (χ4v) is 5.09. The second kappa shape index (κ2) is 11.9. The smallest absolute Gasteiger partial charge is 0.416 e. The maximum atomic E-state index is 14.0. The number of amides is 1. The molecule has 6 rings (SSSR count). The first-order valence-electron chi connectivity index (χ1n) is 13.8. The summed E-state index contributed by atoms with van der Waals surface area (Å²) in [4.78, 5) is 29.2. The predicted molar refractivity (Wildman–Crippen MR) is 158 cm³/mol. The van der Waals surface area contributed by atoms with Gasteiger partial charge in [0.1, 0.15) is 17.1 Å². The number of anilines is 1. The summed E-state index contributed by atoms with van der Waals surface area (Å²) in [6.45, 7) is 3.21. The molecule has 1 aliphatic rings. The molecule has 0 saturated carbocycles. The van der Waals surface area contributed by atoms with Crippen LogP contribution in [0.2, 0.25) is 0 Å². The highest BCUT2D eigenvalue weighted by Gasteiger charge is 2.34. The number of nitrogens with zero attached hydrogens (tertiary/aromatic N) is 4. The molecule has 0 spiro atoms. The maximum absolute atomic E-state index is 14.0. The fourth-order valence-electron chi connectivity index (χ4n) is 5.09. The van der Waals surface area contributed by atoms with E-state index >= 15 is 0 Å². The molecule has 4 heterocycles. The number of likely N-dealkylation sites (N-methyl/N-ethyl adjacent to an activating group) is 1. The lowest BCUT2D eigenvalue weighted by Gasteiger charge is -2.33. The standard InChI is InChI=1S/C32H29F3N6O2/c1-40-12-14-41(15-13-40)20-23-7-8-24(17-27(23)32(33,34)35)38-31(42)21-4-2-6-25(16-21)43-29-18-28(22-5-3-10-36-19-22)39-30-26(29)9-11-37-30/h2-11,16-19H,12-15,20H2,1H3,(H,37,39)(H,38,42). The van der Waals surface area contributed by atoms with Crippen LogP contribution in [0.1, 0.15) is 21.5 Å². The molecule has 0 radical (unpaired) electrons. The van der Waals surface area contributed by atoms with Crippen LogP contribution in [-0.2, 0) is 12.7 Å². The molecular formula is C32H29F3N6O2. The number of piperazine rings is 1. The summed E-state index contributed by atoms with van der Waals surface area (Å²) in [5.74, 6) is 0.355. The molecule has 0 aliphatic carbocycles. The molecule has 2 aromatic carbocycles. The van der Waals surface area contributed by atoms with E-state index in [-0.39, 0.29) is 23.4 Å². The van der Waals surface area contributed by atoms with Crippen LogP contribution in [0.15, 0.2) is 85.3 Å². The van der Waals surface area contributed by atoms with E-state index in [1.807, 2.05) is 30.1 Å². The summed E-state index contributed by atoms with van der Waals surface area (Å²) in [6.07, 6.45) is 0.582. The van der Waals surface area contributed by atoms with Gasteiger partial charge in [0.15, 0.2) is 0 Å². The first-order valence-corrected chi connectivity index (χ1v) is 13.8. The number of pyridine rings is 2. The second-order valence-electron chi connectivity index (χ2n) is 10.5. The van der Waals surface area contributed by atoms with Crippen molar-refractivity contribution in [2.75, 3.05) is 38.5 Å². The lowest BCUT2D eigenvalue weighted by atomic mass is 10.0. The monoisotopic (exact) mass is 586 g/mol. The molecule has 3 aromatic heterocycles. The Kier molecular flexibility index (Phi) is 7.83. The van der Waals surface area contributed by atoms with E-state index in [0.29, 0.717) is 35.9 Å². The van der Waals surface area contributed by atoms with Gasteiger partial charge in [-0.05, 0) is 61.1 Å². The van der Waals surface area contributed by atoms with Gasteiger partial charge in [-0.2, -0.15) is 13.2 Å². The van der Waals surface area contributed by atoms with Crippen molar-refractivity contribution in [2.45, 2.75) is 12.7 Å². The number of carbonyl (C=O) groups excluding carboxylic acids is 1. The molecule has 1 fully saturated rings. The van der Waals surface area contributed by atoms with Crippen LogP contribution in [0.5, 0.6) is 11.5 Å². The Labute approximate surface area is 246 Å². The summed E-state index contributed by atoms with van der Waals surface area (Å²) in [7, 11) is 2.00. The van der Waals surface area contributed by atoms with Crippen molar-refractivity contribution in [2.24, 2.45) is 0 Å². The summed E-state index contributed by atoms with van der Waals surface area (Å²) in [5.41, 5.74) is 1.83. The van der Waals surface area contributed by atoms with Crippen LogP contribution < -0.4 is 10.1 Å². The van der Waals surface area contributed by atoms with Crippen molar-refractivity contribution < 1.29 is 22.7 Å². The number of fused-ring (bicyclic) bond motifs is 1. The summed E-state index contributed by atoms with van der Waals surface area (Å²) >= 11 is 0. The summed E-state index contributed by atoms with van der Waals surface area (Å²) in [5, 5.41) is 3.37. The fraction of sp³-hybridized carbons (Fsp3) is 0.219. The number of hydrogen-bond donors (Lipinski definition) is 2. The number of aromatic amines is 1. The van der Waals surface area contributed by atoms with Crippen molar-refractivity contribution in [1.82, 2.24) is 24.8 Å². The van der Waals surface area contributed by atoms with Gasteiger partial charge in [-0.1, -0.05) is 12.1 Å². The van der Waals surface area contributed by atoms with Gasteiger partial charge in [0.05, 0.1) is 16.6 Å². The van der Waals surface area contributed by atoms with E-state index in [0.717, 1.165) is 30.1 Å². The quantitative estimate of drug-likeness (QED) is 0.229. The van der Waals surface area contributed by atoms with E-state index in [9.17, 15) is 18.0 Å². The lowest BCUT2D eigenvalue weighted by Crippen LogP contribution is -2.44. The minimum absolute atomic E-state index is 0.0649. The van der Waals surface area contributed by atoms with Gasteiger partial charge in [0.25, 0.3) is 5.91 Å². The Bertz CT molecular complexity index is 1750. The number of hydrogen-bond acceptors (Lipinski definition) is 6. The average molecular weight is 587 g/mol.